The Morgan fingerprint density at radius 1 is 1.10 bits per heavy atom. The summed E-state index contributed by atoms with van der Waals surface area (Å²) in [6.45, 7) is 2.07. The van der Waals surface area contributed by atoms with Crippen LogP contribution in [0.5, 0.6) is 0 Å². The number of nitrogen functional groups attached to an aromatic ring is 1. The van der Waals surface area contributed by atoms with Gasteiger partial charge in [-0.15, -0.1) is 0 Å². The average Bonchev–Trinajstić information content (AvgIpc) is 2.79. The summed E-state index contributed by atoms with van der Waals surface area (Å²) in [6.07, 6.45) is 6.44. The lowest BCUT2D eigenvalue weighted by Crippen LogP contribution is -2.45. The second kappa shape index (κ2) is 8.60. The molecule has 0 saturated heterocycles. The molecule has 0 aliphatic rings. The zero-order valence-electron chi connectivity index (χ0n) is 16.9. The van der Waals surface area contributed by atoms with Gasteiger partial charge in [0.1, 0.15) is 10.4 Å². The van der Waals surface area contributed by atoms with Crippen LogP contribution in [0.3, 0.4) is 0 Å². The van der Waals surface area contributed by atoms with Crippen molar-refractivity contribution in [2.75, 3.05) is 17.8 Å². The van der Waals surface area contributed by atoms with Gasteiger partial charge >= 0.3 is 0 Å². The van der Waals surface area contributed by atoms with Crippen LogP contribution in [0.4, 0.5) is 11.8 Å². The summed E-state index contributed by atoms with van der Waals surface area (Å²) >= 11 is 3.28. The Kier molecular flexibility index (Phi) is 5.72. The number of hydrazine groups is 1. The number of carbonyl (C=O) groups excluding carboxylic acids is 1. The topological polar surface area (TPSA) is 114 Å². The van der Waals surface area contributed by atoms with Crippen LogP contribution in [0, 0.1) is 6.92 Å². The molecule has 10 heteroatoms. The predicted molar refractivity (Wildman–Crippen MR) is 121 cm³/mol. The number of aryl methyl sites for hydroxylation is 1. The molecule has 1 amide bonds. The molecule has 31 heavy (non-hydrogen) atoms. The van der Waals surface area contributed by atoms with Gasteiger partial charge in [-0.25, -0.2) is 24.9 Å². The third-order valence-corrected chi connectivity index (χ3v) is 5.12. The van der Waals surface area contributed by atoms with Crippen molar-refractivity contribution in [3.8, 4) is 0 Å². The number of benzene rings is 1. The Bertz CT molecular complexity index is 1230. The van der Waals surface area contributed by atoms with Gasteiger partial charge in [-0.3, -0.25) is 14.8 Å². The number of pyridine rings is 1. The van der Waals surface area contributed by atoms with E-state index in [4.69, 9.17) is 5.73 Å². The van der Waals surface area contributed by atoms with Gasteiger partial charge in [-0.2, -0.15) is 0 Å². The number of fused-ring (bicyclic) bond motifs is 1. The molecule has 4 rings (SSSR count). The highest BCUT2D eigenvalue weighted by Gasteiger charge is 2.23. The maximum absolute atomic E-state index is 13.6. The zero-order valence-corrected chi connectivity index (χ0v) is 18.5. The Hall–Kier alpha value is -3.66. The minimum Gasteiger partial charge on any atom is -0.383 e. The van der Waals surface area contributed by atoms with Crippen molar-refractivity contribution in [2.45, 2.75) is 13.5 Å². The summed E-state index contributed by atoms with van der Waals surface area (Å²) in [7, 11) is 1.73. The van der Waals surface area contributed by atoms with Gasteiger partial charge in [0.25, 0.3) is 5.91 Å². The SMILES string of the molecule is Cc1cc2cc(C(=O)N(Cc3cnc(Br)cn3)N(C)c3ncccn3)ccc2nc1N. The van der Waals surface area contributed by atoms with Gasteiger partial charge < -0.3 is 5.73 Å². The van der Waals surface area contributed by atoms with Crippen LogP contribution in [-0.2, 0) is 6.54 Å². The van der Waals surface area contributed by atoms with E-state index in [-0.39, 0.29) is 12.5 Å². The molecule has 0 spiro atoms. The molecule has 1 aromatic carbocycles. The zero-order chi connectivity index (χ0) is 22.0. The fourth-order valence-corrected chi connectivity index (χ4v) is 3.24. The van der Waals surface area contributed by atoms with Crippen molar-refractivity contribution >= 4 is 44.5 Å². The fraction of sp³-hybridized carbons (Fsp3) is 0.143. The van der Waals surface area contributed by atoms with Gasteiger partial charge in [0.2, 0.25) is 5.95 Å². The summed E-state index contributed by atoms with van der Waals surface area (Å²) in [6, 6.07) is 8.95. The molecule has 0 bridgehead atoms. The summed E-state index contributed by atoms with van der Waals surface area (Å²) in [5.74, 6) is 0.617. The maximum atomic E-state index is 13.6. The van der Waals surface area contributed by atoms with E-state index in [1.54, 1.807) is 61.1 Å². The number of rotatable bonds is 5. The molecule has 9 nitrogen and oxygen atoms in total. The van der Waals surface area contributed by atoms with E-state index in [1.807, 2.05) is 13.0 Å². The predicted octanol–water partition coefficient (Wildman–Crippen LogP) is 3.16. The monoisotopic (exact) mass is 478 g/mol. The fourth-order valence-electron chi connectivity index (χ4n) is 3.03. The van der Waals surface area contributed by atoms with E-state index in [1.165, 1.54) is 5.01 Å². The van der Waals surface area contributed by atoms with E-state index in [0.29, 0.717) is 27.6 Å². The van der Waals surface area contributed by atoms with Crippen LogP contribution in [0.1, 0.15) is 21.6 Å². The molecule has 3 aromatic heterocycles. The van der Waals surface area contributed by atoms with Crippen molar-refractivity contribution in [3.05, 3.63) is 76.5 Å². The van der Waals surface area contributed by atoms with Gasteiger partial charge in [0.15, 0.2) is 0 Å². The maximum Gasteiger partial charge on any atom is 0.272 e. The standard InChI is InChI=1S/C21H19BrN8O/c1-13-8-15-9-14(4-5-17(15)28-19(13)23)20(31)30(12-16-10-27-18(22)11-26-16)29(2)21-24-6-3-7-25-21/h3-11H,12H2,1-2H3,(H2,23,28). The highest BCUT2D eigenvalue weighted by atomic mass is 79.9. The number of nitrogens with two attached hydrogens (primary N) is 1. The minimum atomic E-state index is -0.240. The Balaban J connectivity index is 1.72. The number of hydrogen-bond donors (Lipinski definition) is 1. The number of aromatic nitrogens is 5. The van der Waals surface area contributed by atoms with Crippen LogP contribution in [0.2, 0.25) is 0 Å². The molecule has 0 saturated carbocycles. The lowest BCUT2D eigenvalue weighted by Gasteiger charge is -2.31. The number of anilines is 2. The average molecular weight is 479 g/mol. The van der Waals surface area contributed by atoms with Crippen molar-refractivity contribution in [3.63, 3.8) is 0 Å². The summed E-state index contributed by atoms with van der Waals surface area (Å²) in [5, 5.41) is 3.95. The number of hydrogen-bond acceptors (Lipinski definition) is 8. The van der Waals surface area contributed by atoms with E-state index in [0.717, 1.165) is 16.5 Å². The van der Waals surface area contributed by atoms with Crippen LogP contribution < -0.4 is 10.7 Å². The molecule has 0 radical (unpaired) electrons. The highest BCUT2D eigenvalue weighted by Crippen LogP contribution is 2.22. The van der Waals surface area contributed by atoms with Gasteiger partial charge in [0.05, 0.1) is 30.1 Å². The van der Waals surface area contributed by atoms with E-state index in [9.17, 15) is 4.79 Å². The molecule has 0 unspecified atom stereocenters. The highest BCUT2D eigenvalue weighted by molar-refractivity contribution is 9.10. The van der Waals surface area contributed by atoms with Crippen LogP contribution in [-0.4, -0.2) is 42.9 Å². The quantitative estimate of drug-likeness (QED) is 0.435. The lowest BCUT2D eigenvalue weighted by molar-refractivity contribution is 0.0726. The molecular weight excluding hydrogens is 460 g/mol. The normalized spacial score (nSPS) is 10.8. The van der Waals surface area contributed by atoms with Crippen LogP contribution in [0.25, 0.3) is 10.9 Å². The number of amides is 1. The molecule has 3 heterocycles. The third-order valence-electron chi connectivity index (χ3n) is 4.72. The molecule has 0 fully saturated rings. The Labute approximate surface area is 187 Å². The number of nitrogens with zero attached hydrogens (tertiary/aromatic N) is 7. The second-order valence-electron chi connectivity index (χ2n) is 6.86. The van der Waals surface area contributed by atoms with Gasteiger partial charge in [-0.05, 0) is 58.7 Å². The summed E-state index contributed by atoms with van der Waals surface area (Å²) in [5.41, 5.74) is 8.60. The first-order valence-corrected chi connectivity index (χ1v) is 10.2. The van der Waals surface area contributed by atoms with Crippen molar-refractivity contribution in [1.29, 1.82) is 0 Å². The molecule has 156 valence electrons. The van der Waals surface area contributed by atoms with E-state index < -0.39 is 0 Å². The van der Waals surface area contributed by atoms with E-state index in [2.05, 4.69) is 40.8 Å². The van der Waals surface area contributed by atoms with Crippen LogP contribution in [0.15, 0.2) is 59.7 Å². The van der Waals surface area contributed by atoms with Crippen molar-refractivity contribution < 1.29 is 4.79 Å². The molecule has 0 aliphatic carbocycles. The van der Waals surface area contributed by atoms with Crippen molar-refractivity contribution in [2.24, 2.45) is 0 Å². The first kappa shape index (κ1) is 20.6. The molecule has 0 atom stereocenters. The number of halogens is 1. The summed E-state index contributed by atoms with van der Waals surface area (Å²) in [4.78, 5) is 35.0. The first-order valence-electron chi connectivity index (χ1n) is 9.38. The minimum absolute atomic E-state index is 0.185. The molecular formula is C21H19BrN8O. The summed E-state index contributed by atoms with van der Waals surface area (Å²) < 4.78 is 0.616. The van der Waals surface area contributed by atoms with E-state index >= 15 is 0 Å². The number of carbonyl (C=O) groups is 1. The smallest absolute Gasteiger partial charge is 0.272 e. The van der Waals surface area contributed by atoms with Crippen LogP contribution >= 0.6 is 15.9 Å². The van der Waals surface area contributed by atoms with Gasteiger partial charge in [-0.1, -0.05) is 0 Å². The lowest BCUT2D eigenvalue weighted by atomic mass is 10.1. The third kappa shape index (κ3) is 4.43. The molecule has 2 N–H and O–H groups in total. The Morgan fingerprint density at radius 2 is 1.87 bits per heavy atom. The first-order chi connectivity index (χ1) is 14.9. The Morgan fingerprint density at radius 3 is 2.58 bits per heavy atom. The van der Waals surface area contributed by atoms with Crippen molar-refractivity contribution in [1.82, 2.24) is 29.9 Å². The second-order valence-corrected chi connectivity index (χ2v) is 7.68. The molecule has 4 aromatic rings. The largest absolute Gasteiger partial charge is 0.383 e. The van der Waals surface area contributed by atoms with Gasteiger partial charge in [0, 0.05) is 30.4 Å². The molecule has 0 aliphatic heterocycles.